The molecule has 0 saturated heterocycles. The second-order valence-corrected chi connectivity index (χ2v) is 11.5. The lowest BCUT2D eigenvalue weighted by Crippen LogP contribution is -2.31. The lowest BCUT2D eigenvalue weighted by atomic mass is 9.87. The van der Waals surface area contributed by atoms with Gasteiger partial charge in [-0.2, -0.15) is 0 Å². The second kappa shape index (κ2) is 18.2. The number of β-amino-alcohol motifs (C(OH)–C–C–N with tert-alkyl or cyclic N) is 1. The van der Waals surface area contributed by atoms with Gasteiger partial charge in [0.1, 0.15) is 6.10 Å². The van der Waals surface area contributed by atoms with Crippen molar-refractivity contribution >= 4 is 28.6 Å². The number of hydrogen-bond donors (Lipinski definition) is 2. The fraction of sp³-hybridized carbons (Fsp3) is 0.667. The number of ether oxygens (including phenoxy) is 1. The molecule has 4 rings (SSSR count). The molecule has 214 valence electrons. The number of fused-ring (bicyclic) bond motifs is 1. The van der Waals surface area contributed by atoms with Crippen molar-refractivity contribution in [1.82, 2.24) is 14.9 Å². The van der Waals surface area contributed by atoms with Crippen molar-refractivity contribution in [2.24, 2.45) is 11.7 Å². The fourth-order valence-corrected chi connectivity index (χ4v) is 5.44. The van der Waals surface area contributed by atoms with Gasteiger partial charge in [0.15, 0.2) is 6.61 Å². The maximum atomic E-state index is 12.9. The summed E-state index contributed by atoms with van der Waals surface area (Å²) in [6, 6.07) is 0. The molecular weight excluding hydrogens is 530 g/mol. The number of hydrogen-bond acceptors (Lipinski definition) is 8. The van der Waals surface area contributed by atoms with Gasteiger partial charge in [-0.25, -0.2) is 13.8 Å². The average Bonchev–Trinajstić information content (AvgIpc) is 3.52. The first-order valence-corrected chi connectivity index (χ1v) is 14.6. The Morgan fingerprint density at radius 3 is 2.47 bits per heavy atom. The third-order valence-electron chi connectivity index (χ3n) is 6.04. The number of carbonyl (C=O) groups is 1. The third kappa shape index (κ3) is 14.1. The molecule has 2 aliphatic rings. The fourth-order valence-electron chi connectivity index (χ4n) is 4.05. The van der Waals surface area contributed by atoms with Crippen LogP contribution in [0.15, 0.2) is 11.6 Å². The lowest BCUT2D eigenvalue weighted by Gasteiger charge is -2.26. The van der Waals surface area contributed by atoms with Gasteiger partial charge >= 0.3 is 0 Å². The molecule has 38 heavy (non-hydrogen) atoms. The van der Waals surface area contributed by atoms with E-state index >= 15 is 0 Å². The number of terminal acetylenes is 1. The number of aryl methyl sites for hydroxylation is 1. The Morgan fingerprint density at radius 2 is 1.97 bits per heavy atom. The zero-order valence-electron chi connectivity index (χ0n) is 22.7. The van der Waals surface area contributed by atoms with Crippen LogP contribution >= 0.6 is 22.7 Å². The first-order valence-electron chi connectivity index (χ1n) is 13.0. The first kappa shape index (κ1) is 33.9. The standard InChI is InChI=1S/C18H28F2N2O2S.C4H5NS.C3H7NO.C2H2/c1-18(19,20)12-24-17-21-16-14(23)11-22(10-8-15(16)25-17)9-7-13-5-3-2-4-6-13;1-4-5-2-3-6-4;1-2-3(4)5;1-2/h13-14,23H,2-12H2,1H3;2-3H,1H3;2H2,1H3,(H2,4,5);1-2H. The van der Waals surface area contributed by atoms with E-state index in [4.69, 9.17) is 4.74 Å². The number of rotatable bonds is 7. The van der Waals surface area contributed by atoms with Crippen molar-refractivity contribution < 1.29 is 23.4 Å². The molecular formula is C27H42F2N4O3S2. The monoisotopic (exact) mass is 572 g/mol. The molecule has 1 saturated carbocycles. The molecule has 11 heteroatoms. The number of aromatic nitrogens is 2. The second-order valence-electron chi connectivity index (χ2n) is 9.38. The van der Waals surface area contributed by atoms with Crippen LogP contribution in [0.5, 0.6) is 5.19 Å². The van der Waals surface area contributed by atoms with Crippen molar-refractivity contribution in [3.63, 3.8) is 0 Å². The van der Waals surface area contributed by atoms with Gasteiger partial charge in [0.2, 0.25) is 5.91 Å². The van der Waals surface area contributed by atoms with Crippen molar-refractivity contribution in [3.05, 3.63) is 27.2 Å². The molecule has 0 bridgehead atoms. The molecule has 0 aromatic carbocycles. The Labute approximate surface area is 233 Å². The van der Waals surface area contributed by atoms with Crippen LogP contribution in [0.3, 0.4) is 0 Å². The van der Waals surface area contributed by atoms with Crippen LogP contribution < -0.4 is 10.5 Å². The molecule has 2 aromatic rings. The van der Waals surface area contributed by atoms with E-state index in [0.717, 1.165) is 42.2 Å². The summed E-state index contributed by atoms with van der Waals surface area (Å²) < 4.78 is 30.9. The van der Waals surface area contributed by atoms with Gasteiger partial charge in [0.05, 0.1) is 10.7 Å². The summed E-state index contributed by atoms with van der Waals surface area (Å²) in [5, 5.41) is 13.8. The Bertz CT molecular complexity index is 927. The quantitative estimate of drug-likeness (QED) is 0.418. The van der Waals surface area contributed by atoms with Gasteiger partial charge in [-0.3, -0.25) is 14.7 Å². The Hall–Kier alpha value is -2.13. The van der Waals surface area contributed by atoms with Gasteiger partial charge in [0.25, 0.3) is 11.1 Å². The molecule has 7 nitrogen and oxygen atoms in total. The highest BCUT2D eigenvalue weighted by Crippen LogP contribution is 2.33. The highest BCUT2D eigenvalue weighted by molar-refractivity contribution is 7.13. The van der Waals surface area contributed by atoms with E-state index < -0.39 is 18.6 Å². The van der Waals surface area contributed by atoms with Crippen LogP contribution in [0.4, 0.5) is 8.78 Å². The minimum atomic E-state index is -2.88. The summed E-state index contributed by atoms with van der Waals surface area (Å²) in [5.41, 5.74) is 5.26. The summed E-state index contributed by atoms with van der Waals surface area (Å²) in [6.07, 6.45) is 18.3. The lowest BCUT2D eigenvalue weighted by molar-refractivity contribution is -0.117. The molecule has 2 aromatic heterocycles. The smallest absolute Gasteiger partial charge is 0.278 e. The summed E-state index contributed by atoms with van der Waals surface area (Å²) in [4.78, 5) is 21.1. The predicted molar refractivity (Wildman–Crippen MR) is 151 cm³/mol. The Balaban J connectivity index is 0.000000459. The largest absolute Gasteiger partial charge is 0.464 e. The molecule has 3 heterocycles. The van der Waals surface area contributed by atoms with Crippen molar-refractivity contribution in [1.29, 1.82) is 0 Å². The zero-order chi connectivity index (χ0) is 28.6. The van der Waals surface area contributed by atoms with E-state index in [0.29, 0.717) is 18.7 Å². The van der Waals surface area contributed by atoms with Gasteiger partial charge in [0, 0.05) is 42.9 Å². The number of nitrogens with two attached hydrogens (primary N) is 1. The van der Waals surface area contributed by atoms with Crippen LogP contribution in [-0.4, -0.2) is 58.0 Å². The number of amides is 1. The normalized spacial score (nSPS) is 17.7. The van der Waals surface area contributed by atoms with E-state index in [1.807, 2.05) is 12.3 Å². The van der Waals surface area contributed by atoms with E-state index in [2.05, 4.69) is 33.4 Å². The topological polar surface area (TPSA) is 102 Å². The zero-order valence-corrected chi connectivity index (χ0v) is 24.3. The van der Waals surface area contributed by atoms with Gasteiger partial charge < -0.3 is 15.6 Å². The molecule has 1 atom stereocenters. The number of thiazole rings is 2. The molecule has 0 radical (unpaired) electrons. The van der Waals surface area contributed by atoms with E-state index in [-0.39, 0.29) is 11.1 Å². The summed E-state index contributed by atoms with van der Waals surface area (Å²) in [7, 11) is 0. The SMILES string of the molecule is C#C.CC(F)(F)COc1nc2c(s1)CCN(CCC1CCCCC1)CC2O.CCC(N)=O.Cc1nccs1. The number of halogens is 2. The molecule has 1 aliphatic heterocycles. The predicted octanol–water partition coefficient (Wildman–Crippen LogP) is 5.62. The molecule has 0 spiro atoms. The summed E-state index contributed by atoms with van der Waals surface area (Å²) in [5.74, 6) is -2.29. The maximum absolute atomic E-state index is 12.9. The van der Waals surface area contributed by atoms with Crippen molar-refractivity contribution in [2.45, 2.75) is 84.2 Å². The Kier molecular flexibility index (Phi) is 16.2. The van der Waals surface area contributed by atoms with Crippen LogP contribution in [-0.2, 0) is 11.2 Å². The number of primary amides is 1. The van der Waals surface area contributed by atoms with Crippen LogP contribution in [0.25, 0.3) is 0 Å². The summed E-state index contributed by atoms with van der Waals surface area (Å²) in [6.45, 7) is 6.32. The van der Waals surface area contributed by atoms with Crippen molar-refractivity contribution in [3.8, 4) is 18.0 Å². The van der Waals surface area contributed by atoms with Crippen LogP contribution in [0, 0.1) is 25.7 Å². The highest BCUT2D eigenvalue weighted by Gasteiger charge is 2.28. The third-order valence-corrected chi connectivity index (χ3v) is 7.79. The maximum Gasteiger partial charge on any atom is 0.278 e. The van der Waals surface area contributed by atoms with Gasteiger partial charge in [-0.15, -0.1) is 24.2 Å². The number of carbonyl (C=O) groups excluding carboxylic acids is 1. The van der Waals surface area contributed by atoms with E-state index in [1.165, 1.54) is 49.9 Å². The average molecular weight is 573 g/mol. The molecule has 1 amide bonds. The number of aliphatic hydroxyl groups is 1. The minimum Gasteiger partial charge on any atom is -0.464 e. The molecule has 1 fully saturated rings. The molecule has 3 N–H and O–H groups in total. The Morgan fingerprint density at radius 1 is 1.32 bits per heavy atom. The number of alkyl halides is 2. The highest BCUT2D eigenvalue weighted by atomic mass is 32.1. The van der Waals surface area contributed by atoms with Gasteiger partial charge in [-0.05, 0) is 32.2 Å². The number of nitrogens with zero attached hydrogens (tertiary/aromatic N) is 3. The van der Waals surface area contributed by atoms with Crippen LogP contribution in [0.1, 0.15) is 80.5 Å². The van der Waals surface area contributed by atoms with E-state index in [9.17, 15) is 18.7 Å². The minimum absolute atomic E-state index is 0.237. The van der Waals surface area contributed by atoms with Crippen molar-refractivity contribution in [2.75, 3.05) is 26.2 Å². The summed E-state index contributed by atoms with van der Waals surface area (Å²) >= 11 is 2.95. The first-order chi connectivity index (χ1) is 18.1. The number of aliphatic hydroxyl groups excluding tert-OH is 1. The van der Waals surface area contributed by atoms with Crippen LogP contribution in [0.2, 0.25) is 0 Å². The molecule has 1 unspecified atom stereocenters. The van der Waals surface area contributed by atoms with Gasteiger partial charge in [-0.1, -0.05) is 50.4 Å². The molecule has 1 aliphatic carbocycles. The van der Waals surface area contributed by atoms with E-state index in [1.54, 1.807) is 24.5 Å².